The van der Waals surface area contributed by atoms with Gasteiger partial charge in [0, 0.05) is 7.11 Å². The Morgan fingerprint density at radius 2 is 1.57 bits per heavy atom. The zero-order valence-electron chi connectivity index (χ0n) is 10.2. The van der Waals surface area contributed by atoms with Crippen molar-refractivity contribution in [1.82, 2.24) is 0 Å². The van der Waals surface area contributed by atoms with Crippen molar-refractivity contribution in [1.29, 1.82) is 0 Å². The first-order valence-electron chi connectivity index (χ1n) is 4.98. The van der Waals surface area contributed by atoms with Crippen LogP contribution in [0.2, 0.25) is 44.8 Å². The monoisotopic (exact) mass is 262 g/mol. The predicted molar refractivity (Wildman–Crippen MR) is 70.0 cm³/mol. The molecular formula is C8H22O2Si4. The summed E-state index contributed by atoms with van der Waals surface area (Å²) in [6.07, 6.45) is 0. The molecule has 0 spiro atoms. The summed E-state index contributed by atoms with van der Waals surface area (Å²) in [5.74, 6) is 0. The van der Waals surface area contributed by atoms with Crippen molar-refractivity contribution < 1.29 is 8.54 Å². The van der Waals surface area contributed by atoms with Crippen LogP contribution in [0.3, 0.4) is 0 Å². The first-order chi connectivity index (χ1) is 6.27. The Morgan fingerprint density at radius 1 is 1.00 bits per heavy atom. The fourth-order valence-corrected chi connectivity index (χ4v) is 7.91. The van der Waals surface area contributed by atoms with Crippen molar-refractivity contribution in [3.8, 4) is 0 Å². The van der Waals surface area contributed by atoms with Gasteiger partial charge in [0.2, 0.25) is 9.76 Å². The van der Waals surface area contributed by atoms with Gasteiger partial charge in [-0.15, -0.1) is 0 Å². The summed E-state index contributed by atoms with van der Waals surface area (Å²) in [6.45, 7) is 11.3. The highest BCUT2D eigenvalue weighted by Gasteiger charge is 2.20. The first kappa shape index (κ1) is 14.8. The van der Waals surface area contributed by atoms with E-state index in [1.165, 1.54) is 12.1 Å². The molecule has 4 radical (unpaired) electrons. The molecule has 82 valence electrons. The Bertz CT molecular complexity index is 156. The largest absolute Gasteiger partial charge is 0.456 e. The van der Waals surface area contributed by atoms with E-state index >= 15 is 0 Å². The van der Waals surface area contributed by atoms with Crippen LogP contribution < -0.4 is 0 Å². The van der Waals surface area contributed by atoms with Gasteiger partial charge in [-0.25, -0.2) is 0 Å². The highest BCUT2D eigenvalue weighted by molar-refractivity contribution is 7.20. The van der Waals surface area contributed by atoms with Crippen LogP contribution in [0.15, 0.2) is 0 Å². The van der Waals surface area contributed by atoms with E-state index in [2.05, 4.69) is 32.7 Å². The fourth-order valence-electron chi connectivity index (χ4n) is 0.754. The van der Waals surface area contributed by atoms with E-state index in [1.807, 2.05) is 7.11 Å². The molecule has 0 atom stereocenters. The van der Waals surface area contributed by atoms with E-state index in [9.17, 15) is 0 Å². The molecular weight excluding hydrogens is 240 g/mol. The lowest BCUT2D eigenvalue weighted by atomic mass is 11.0. The number of rotatable bonds is 7. The van der Waals surface area contributed by atoms with E-state index < -0.39 is 16.2 Å². The first-order valence-corrected chi connectivity index (χ1v) is 14.6. The highest BCUT2D eigenvalue weighted by atomic mass is 29.2. The van der Waals surface area contributed by atoms with Crippen molar-refractivity contribution in [3.63, 3.8) is 0 Å². The van der Waals surface area contributed by atoms with Crippen LogP contribution in [-0.2, 0) is 8.54 Å². The quantitative estimate of drug-likeness (QED) is 0.518. The minimum absolute atomic E-state index is 0.706. The van der Waals surface area contributed by atoms with Gasteiger partial charge in [-0.3, -0.25) is 0 Å². The molecule has 0 heterocycles. The lowest BCUT2D eigenvalue weighted by Gasteiger charge is -2.20. The van der Waals surface area contributed by atoms with Gasteiger partial charge in [0.15, 0.2) is 16.2 Å². The summed E-state index contributed by atoms with van der Waals surface area (Å²) < 4.78 is 11.3. The molecule has 0 unspecified atom stereocenters. The molecule has 2 nitrogen and oxygen atoms in total. The van der Waals surface area contributed by atoms with Gasteiger partial charge >= 0.3 is 0 Å². The van der Waals surface area contributed by atoms with E-state index in [0.29, 0.717) is 9.76 Å². The maximum absolute atomic E-state index is 5.82. The highest BCUT2D eigenvalue weighted by Crippen LogP contribution is 2.06. The summed E-state index contributed by atoms with van der Waals surface area (Å²) in [7, 11) is 1.01. The van der Waals surface area contributed by atoms with Gasteiger partial charge in [0.05, 0.1) is 9.04 Å². The van der Waals surface area contributed by atoms with Crippen LogP contribution in [0.25, 0.3) is 0 Å². The van der Waals surface area contributed by atoms with Crippen LogP contribution in [0.4, 0.5) is 0 Å². The van der Waals surface area contributed by atoms with Crippen LogP contribution in [0, 0.1) is 0 Å². The Labute approximate surface area is 95.6 Å². The van der Waals surface area contributed by atoms with E-state index in [-0.39, 0.29) is 0 Å². The van der Waals surface area contributed by atoms with Gasteiger partial charge in [-0.1, -0.05) is 6.04 Å². The average molecular weight is 263 g/mol. The third-order valence-corrected chi connectivity index (χ3v) is 11.9. The van der Waals surface area contributed by atoms with Gasteiger partial charge in [-0.2, -0.15) is 0 Å². The van der Waals surface area contributed by atoms with Gasteiger partial charge in [-0.05, 0) is 38.8 Å². The second-order valence-corrected chi connectivity index (χ2v) is 19.5. The molecule has 0 aromatic heterocycles. The molecule has 0 aromatic rings. The van der Waals surface area contributed by atoms with Crippen molar-refractivity contribution in [2.45, 2.75) is 44.8 Å². The second kappa shape index (κ2) is 6.39. The van der Waals surface area contributed by atoms with Crippen LogP contribution in [-0.4, -0.2) is 42.1 Å². The number of hydrogen-bond acceptors (Lipinski definition) is 2. The third-order valence-electron chi connectivity index (χ3n) is 1.67. The zero-order chi connectivity index (χ0) is 11.2. The molecule has 0 saturated heterocycles. The molecule has 14 heavy (non-hydrogen) atoms. The Balaban J connectivity index is 3.39. The molecule has 0 rings (SSSR count). The molecule has 0 bridgehead atoms. The molecule has 0 aliphatic heterocycles. The van der Waals surface area contributed by atoms with Crippen molar-refractivity contribution in [3.05, 3.63) is 0 Å². The zero-order valence-corrected chi connectivity index (χ0v) is 14.2. The van der Waals surface area contributed by atoms with E-state index in [1.54, 1.807) is 0 Å². The van der Waals surface area contributed by atoms with Crippen LogP contribution in [0.1, 0.15) is 0 Å². The van der Waals surface area contributed by atoms with Crippen molar-refractivity contribution in [2.24, 2.45) is 0 Å². The summed E-state index contributed by atoms with van der Waals surface area (Å²) in [5, 5.41) is 0. The molecule has 0 N–H and O–H groups in total. The van der Waals surface area contributed by atoms with Gasteiger partial charge in [0.1, 0.15) is 0 Å². The predicted octanol–water partition coefficient (Wildman–Crippen LogP) is 2.35. The lowest BCUT2D eigenvalue weighted by Crippen LogP contribution is -2.37. The average Bonchev–Trinajstić information content (AvgIpc) is 2.01. The van der Waals surface area contributed by atoms with E-state index in [4.69, 9.17) is 8.54 Å². The maximum atomic E-state index is 5.82. The Hall–Kier alpha value is 0.788. The van der Waals surface area contributed by atoms with Crippen LogP contribution in [0.5, 0.6) is 0 Å². The summed E-state index contributed by atoms with van der Waals surface area (Å²) >= 11 is 0. The lowest BCUT2D eigenvalue weighted by molar-refractivity contribution is 0.421. The smallest absolute Gasteiger partial charge is 0.214 e. The Kier molecular flexibility index (Phi) is 6.75. The second-order valence-electron chi connectivity index (χ2n) is 4.75. The van der Waals surface area contributed by atoms with Gasteiger partial charge in [0.25, 0.3) is 0 Å². The van der Waals surface area contributed by atoms with E-state index in [0.717, 1.165) is 9.04 Å². The molecule has 0 aliphatic rings. The number of hydrogen-bond donors (Lipinski definition) is 0. The van der Waals surface area contributed by atoms with Gasteiger partial charge < -0.3 is 8.54 Å². The van der Waals surface area contributed by atoms with Crippen LogP contribution >= 0.6 is 0 Å². The normalized spacial score (nSPS) is 13.3. The third kappa shape index (κ3) is 9.35. The summed E-state index contributed by atoms with van der Waals surface area (Å²) in [4.78, 5) is 0. The maximum Gasteiger partial charge on any atom is 0.214 e. The van der Waals surface area contributed by atoms with Crippen molar-refractivity contribution in [2.75, 3.05) is 7.11 Å². The minimum Gasteiger partial charge on any atom is -0.456 e. The standard InChI is InChI=1S/C8H22O2Si4/c1-9-14(5,6)12-8-7-11-10-13(2,3)4/h7-8H2,1-6H3. The molecule has 6 heteroatoms. The Morgan fingerprint density at radius 3 is 2.00 bits per heavy atom. The minimum atomic E-state index is -1.29. The molecule has 0 aromatic carbocycles. The fraction of sp³-hybridized carbons (Fsp3) is 1.00. The molecule has 0 amide bonds. The summed E-state index contributed by atoms with van der Waals surface area (Å²) in [6, 6.07) is 2.51. The molecule has 0 aliphatic carbocycles. The SMILES string of the molecule is CO[Si](C)(C)[Si]CC[Si]O[Si](C)(C)C. The topological polar surface area (TPSA) is 18.5 Å². The molecule has 0 saturated carbocycles. The summed E-state index contributed by atoms with van der Waals surface area (Å²) in [5.41, 5.74) is 0. The van der Waals surface area contributed by atoms with Crippen molar-refractivity contribution >= 4 is 35.0 Å². The molecule has 0 fully saturated rings.